The van der Waals surface area contributed by atoms with E-state index in [9.17, 15) is 9.59 Å². The molecule has 0 spiro atoms. The van der Waals surface area contributed by atoms with E-state index in [0.717, 1.165) is 0 Å². The van der Waals surface area contributed by atoms with Gasteiger partial charge in [0.15, 0.2) is 0 Å². The zero-order chi connectivity index (χ0) is 12.3. The molecule has 2 amide bonds. The van der Waals surface area contributed by atoms with E-state index in [0.29, 0.717) is 30.2 Å². The zero-order valence-corrected chi connectivity index (χ0v) is 9.43. The second-order valence-electron chi connectivity index (χ2n) is 3.64. The van der Waals surface area contributed by atoms with Crippen LogP contribution in [-0.2, 0) is 9.59 Å². The van der Waals surface area contributed by atoms with Gasteiger partial charge in [-0.2, -0.15) is 0 Å². The van der Waals surface area contributed by atoms with Crippen LogP contribution in [0, 0.1) is 0 Å². The van der Waals surface area contributed by atoms with E-state index >= 15 is 0 Å². The fourth-order valence-corrected chi connectivity index (χ4v) is 1.72. The average Bonchev–Trinajstić information content (AvgIpc) is 2.35. The topological polar surface area (TPSA) is 61.4 Å². The van der Waals surface area contributed by atoms with E-state index in [2.05, 4.69) is 10.6 Å². The fraction of sp³-hybridized carbons (Fsp3) is 0.167. The third-order valence-electron chi connectivity index (χ3n) is 2.55. The average molecular weight is 231 g/mol. The monoisotopic (exact) mass is 231 g/mol. The van der Waals surface area contributed by atoms with Crippen LogP contribution < -0.4 is 15.5 Å². The lowest BCUT2D eigenvalue weighted by Crippen LogP contribution is -2.45. The molecule has 5 heteroatoms. The Morgan fingerprint density at radius 1 is 1.24 bits per heavy atom. The van der Waals surface area contributed by atoms with Crippen molar-refractivity contribution in [1.29, 1.82) is 0 Å². The lowest BCUT2D eigenvalue weighted by atomic mass is 10.2. The van der Waals surface area contributed by atoms with Gasteiger partial charge in [0.1, 0.15) is 5.70 Å². The van der Waals surface area contributed by atoms with Crippen molar-refractivity contribution in [3.63, 3.8) is 0 Å². The number of hydrogen-bond acceptors (Lipinski definition) is 3. The lowest BCUT2D eigenvalue weighted by Gasteiger charge is -2.26. The molecule has 0 bridgehead atoms. The van der Waals surface area contributed by atoms with Crippen LogP contribution in [0.25, 0.3) is 0 Å². The molecule has 0 fully saturated rings. The molecule has 88 valence electrons. The van der Waals surface area contributed by atoms with Crippen molar-refractivity contribution in [1.82, 2.24) is 10.6 Å². The van der Waals surface area contributed by atoms with E-state index in [4.69, 9.17) is 0 Å². The number of nitrogens with zero attached hydrogens (tertiary/aromatic N) is 1. The molecule has 2 N–H and O–H groups in total. The molecule has 1 aromatic carbocycles. The van der Waals surface area contributed by atoms with Gasteiger partial charge in [-0.15, -0.1) is 0 Å². The molecule has 0 atom stereocenters. The Balaban J connectivity index is 2.43. The highest BCUT2D eigenvalue weighted by molar-refractivity contribution is 6.03. The molecule has 1 aliphatic heterocycles. The van der Waals surface area contributed by atoms with Crippen molar-refractivity contribution in [2.45, 2.75) is 6.92 Å². The fourth-order valence-electron chi connectivity index (χ4n) is 1.72. The standard InChI is InChI=1S/C12H13N3O2/c1-9-11(12(17)14-7-13-9)15(8-16)10-5-3-2-4-6-10/h2-6,8,13H,7H2,1H3,(H,14,17). The molecular weight excluding hydrogens is 218 g/mol. The normalized spacial score (nSPS) is 15.0. The second-order valence-corrected chi connectivity index (χ2v) is 3.64. The largest absolute Gasteiger partial charge is 0.370 e. The van der Waals surface area contributed by atoms with Gasteiger partial charge < -0.3 is 10.6 Å². The maximum Gasteiger partial charge on any atom is 0.271 e. The minimum absolute atomic E-state index is 0.253. The first-order valence-corrected chi connectivity index (χ1v) is 5.26. The van der Waals surface area contributed by atoms with Gasteiger partial charge in [-0.1, -0.05) is 18.2 Å². The van der Waals surface area contributed by atoms with Crippen molar-refractivity contribution in [3.8, 4) is 0 Å². The predicted octanol–water partition coefficient (Wildman–Crippen LogP) is 0.558. The number of hydrogen-bond donors (Lipinski definition) is 2. The number of carbonyl (C=O) groups is 2. The Kier molecular flexibility index (Phi) is 3.09. The van der Waals surface area contributed by atoms with E-state index < -0.39 is 0 Å². The number of benzene rings is 1. The summed E-state index contributed by atoms with van der Waals surface area (Å²) in [5.74, 6) is -0.253. The molecule has 5 nitrogen and oxygen atoms in total. The molecular formula is C12H13N3O2. The molecule has 0 unspecified atom stereocenters. The van der Waals surface area contributed by atoms with Gasteiger partial charge in [0, 0.05) is 11.4 Å². The summed E-state index contributed by atoms with van der Waals surface area (Å²) in [6.07, 6.45) is 0.640. The van der Waals surface area contributed by atoms with Crippen LogP contribution in [0.5, 0.6) is 0 Å². The van der Waals surface area contributed by atoms with E-state index in [1.807, 2.05) is 18.2 Å². The van der Waals surface area contributed by atoms with Crippen molar-refractivity contribution in [2.24, 2.45) is 0 Å². The first-order chi connectivity index (χ1) is 8.24. The summed E-state index contributed by atoms with van der Waals surface area (Å²) in [6.45, 7) is 2.16. The van der Waals surface area contributed by atoms with Crippen LogP contribution in [0.1, 0.15) is 6.92 Å². The molecule has 17 heavy (non-hydrogen) atoms. The first kappa shape index (κ1) is 11.2. The molecule has 0 aliphatic carbocycles. The summed E-state index contributed by atoms with van der Waals surface area (Å²) in [5, 5.41) is 5.63. The lowest BCUT2D eigenvalue weighted by molar-refractivity contribution is -0.119. The van der Waals surface area contributed by atoms with Gasteiger partial charge in [0.05, 0.1) is 6.67 Å². The highest BCUT2D eigenvalue weighted by Gasteiger charge is 2.24. The van der Waals surface area contributed by atoms with Gasteiger partial charge in [-0.05, 0) is 19.1 Å². The molecule has 0 saturated heterocycles. The first-order valence-electron chi connectivity index (χ1n) is 5.26. The van der Waals surface area contributed by atoms with E-state index in [1.165, 1.54) is 4.90 Å². The number of allylic oxidation sites excluding steroid dienone is 1. The molecule has 0 aromatic heterocycles. The van der Waals surface area contributed by atoms with Gasteiger partial charge in [-0.3, -0.25) is 14.5 Å². The Labute approximate surface area is 99.1 Å². The summed E-state index contributed by atoms with van der Waals surface area (Å²) in [6, 6.07) is 9.03. The number of nitrogens with one attached hydrogen (secondary N) is 2. The minimum Gasteiger partial charge on any atom is -0.370 e. The van der Waals surface area contributed by atoms with Crippen molar-refractivity contribution in [3.05, 3.63) is 41.7 Å². The van der Waals surface area contributed by atoms with Crippen molar-refractivity contribution >= 4 is 18.0 Å². The Bertz CT molecular complexity index is 468. The molecule has 1 aliphatic rings. The van der Waals surface area contributed by atoms with Crippen molar-refractivity contribution < 1.29 is 9.59 Å². The van der Waals surface area contributed by atoms with Gasteiger partial charge in [0.25, 0.3) is 5.91 Å². The van der Waals surface area contributed by atoms with E-state index in [1.54, 1.807) is 19.1 Å². The quantitative estimate of drug-likeness (QED) is 0.747. The summed E-state index contributed by atoms with van der Waals surface area (Å²) in [4.78, 5) is 24.3. The number of rotatable bonds is 3. The third-order valence-corrected chi connectivity index (χ3v) is 2.55. The second kappa shape index (κ2) is 4.69. The van der Waals surface area contributed by atoms with Crippen molar-refractivity contribution in [2.75, 3.05) is 11.6 Å². The SMILES string of the molecule is CC1=C(N(C=O)c2ccccc2)C(=O)NCN1. The molecule has 2 rings (SSSR count). The summed E-state index contributed by atoms with van der Waals surface area (Å²) in [7, 11) is 0. The van der Waals surface area contributed by atoms with E-state index in [-0.39, 0.29) is 5.91 Å². The van der Waals surface area contributed by atoms with Crippen LogP contribution in [-0.4, -0.2) is 19.0 Å². The maximum atomic E-state index is 11.8. The molecule has 1 heterocycles. The summed E-state index contributed by atoms with van der Waals surface area (Å²) < 4.78 is 0. The minimum atomic E-state index is -0.253. The van der Waals surface area contributed by atoms with Gasteiger partial charge >= 0.3 is 0 Å². The number of amides is 2. The van der Waals surface area contributed by atoms with Crippen LogP contribution in [0.4, 0.5) is 5.69 Å². The Morgan fingerprint density at radius 3 is 2.53 bits per heavy atom. The van der Waals surface area contributed by atoms with Gasteiger partial charge in [-0.25, -0.2) is 0 Å². The summed E-state index contributed by atoms with van der Waals surface area (Å²) in [5.41, 5.74) is 1.68. The van der Waals surface area contributed by atoms with Gasteiger partial charge in [0.2, 0.25) is 6.41 Å². The predicted molar refractivity (Wildman–Crippen MR) is 63.8 cm³/mol. The zero-order valence-electron chi connectivity index (χ0n) is 9.43. The molecule has 0 saturated carbocycles. The highest BCUT2D eigenvalue weighted by atomic mass is 16.2. The molecule has 0 radical (unpaired) electrons. The highest BCUT2D eigenvalue weighted by Crippen LogP contribution is 2.19. The Hall–Kier alpha value is -2.30. The number of para-hydroxylation sites is 1. The van der Waals surface area contributed by atoms with Crippen LogP contribution >= 0.6 is 0 Å². The summed E-state index contributed by atoms with van der Waals surface area (Å²) >= 11 is 0. The number of anilines is 1. The number of carbonyl (C=O) groups excluding carboxylic acids is 2. The molecule has 1 aromatic rings. The van der Waals surface area contributed by atoms with Crippen LogP contribution in [0.15, 0.2) is 41.7 Å². The smallest absolute Gasteiger partial charge is 0.271 e. The maximum absolute atomic E-state index is 11.8. The Morgan fingerprint density at radius 2 is 1.94 bits per heavy atom. The van der Waals surface area contributed by atoms with Crippen LogP contribution in [0.3, 0.4) is 0 Å². The third kappa shape index (κ3) is 2.13. The van der Waals surface area contributed by atoms with Crippen LogP contribution in [0.2, 0.25) is 0 Å².